The lowest BCUT2D eigenvalue weighted by atomic mass is 9.87. The van der Waals surface area contributed by atoms with E-state index in [1.54, 1.807) is 0 Å². The SMILES string of the molecule is Clc1cc2ccc(-c3ccc4c(c3)oc3ccccc34)c3ccc4c(-c5ccc6c(c5)oc5ccccc56)ccc1c4c23. The van der Waals surface area contributed by atoms with Gasteiger partial charge in [0.05, 0.1) is 0 Å². The van der Waals surface area contributed by atoms with E-state index < -0.39 is 0 Å². The average molecular weight is 569 g/mol. The molecular weight excluding hydrogens is 548 g/mol. The standard InChI is InChI=1S/C40H21ClO2/c41-34-19-24-11-12-25(22-9-13-29-27-5-1-3-7-35(27)42-37(29)20-22)31-16-17-32-26(15-18-33(34)40(32)39(24)31)23-10-14-30-28-6-2-4-8-36(28)43-38(30)21-23/h1-21H. The molecule has 0 unspecified atom stereocenters. The van der Waals surface area contributed by atoms with Crippen molar-refractivity contribution in [3.05, 3.63) is 132 Å². The van der Waals surface area contributed by atoms with Crippen molar-refractivity contribution in [3.63, 3.8) is 0 Å². The van der Waals surface area contributed by atoms with Gasteiger partial charge in [-0.1, -0.05) is 96.5 Å². The fourth-order valence-corrected chi connectivity index (χ4v) is 7.42. The zero-order valence-electron chi connectivity index (χ0n) is 22.8. The van der Waals surface area contributed by atoms with Crippen LogP contribution in [-0.2, 0) is 0 Å². The van der Waals surface area contributed by atoms with Gasteiger partial charge in [0.1, 0.15) is 22.3 Å². The summed E-state index contributed by atoms with van der Waals surface area (Å²) in [4.78, 5) is 0. The highest BCUT2D eigenvalue weighted by molar-refractivity contribution is 6.40. The van der Waals surface area contributed by atoms with Gasteiger partial charge in [0.2, 0.25) is 0 Å². The topological polar surface area (TPSA) is 26.3 Å². The van der Waals surface area contributed by atoms with Crippen molar-refractivity contribution in [1.29, 1.82) is 0 Å². The van der Waals surface area contributed by atoms with Crippen molar-refractivity contribution in [2.45, 2.75) is 0 Å². The van der Waals surface area contributed by atoms with Gasteiger partial charge in [-0.2, -0.15) is 0 Å². The Bertz CT molecular complexity index is 2740. The molecule has 0 saturated heterocycles. The van der Waals surface area contributed by atoms with Crippen LogP contribution in [0.15, 0.2) is 136 Å². The fraction of sp³-hybridized carbons (Fsp3) is 0. The molecule has 2 heterocycles. The molecular formula is C40H21ClO2. The van der Waals surface area contributed by atoms with Gasteiger partial charge in [-0.25, -0.2) is 0 Å². The summed E-state index contributed by atoms with van der Waals surface area (Å²) >= 11 is 6.92. The Labute approximate surface area is 250 Å². The van der Waals surface area contributed by atoms with Gasteiger partial charge in [-0.3, -0.25) is 0 Å². The maximum absolute atomic E-state index is 6.92. The van der Waals surface area contributed by atoms with Crippen molar-refractivity contribution in [2.75, 3.05) is 0 Å². The zero-order chi connectivity index (χ0) is 28.2. The molecule has 2 nitrogen and oxygen atoms in total. The monoisotopic (exact) mass is 568 g/mol. The Kier molecular flexibility index (Phi) is 4.53. The molecule has 2 aromatic heterocycles. The van der Waals surface area contributed by atoms with Crippen molar-refractivity contribution in [3.8, 4) is 22.3 Å². The third-order valence-electron chi connectivity index (χ3n) is 9.11. The minimum absolute atomic E-state index is 0.765. The summed E-state index contributed by atoms with van der Waals surface area (Å²) in [5, 5.41) is 12.3. The molecule has 0 N–H and O–H groups in total. The maximum atomic E-state index is 6.92. The van der Waals surface area contributed by atoms with E-state index in [-0.39, 0.29) is 0 Å². The van der Waals surface area contributed by atoms with Crippen LogP contribution in [0.3, 0.4) is 0 Å². The molecule has 0 saturated carbocycles. The van der Waals surface area contributed by atoms with E-state index in [2.05, 4.69) is 103 Å². The quantitative estimate of drug-likeness (QED) is 0.194. The molecule has 43 heavy (non-hydrogen) atoms. The number of hydrogen-bond acceptors (Lipinski definition) is 2. The highest BCUT2D eigenvalue weighted by atomic mass is 35.5. The van der Waals surface area contributed by atoms with Crippen molar-refractivity contribution < 1.29 is 8.83 Å². The highest BCUT2D eigenvalue weighted by Crippen LogP contribution is 2.45. The van der Waals surface area contributed by atoms with E-state index in [9.17, 15) is 0 Å². The second kappa shape index (κ2) is 8.38. The van der Waals surface area contributed by atoms with Crippen LogP contribution in [0.2, 0.25) is 5.02 Å². The fourth-order valence-electron chi connectivity index (χ4n) is 7.14. The molecule has 0 aliphatic rings. The third kappa shape index (κ3) is 3.19. The molecule has 0 bridgehead atoms. The first-order valence-corrected chi connectivity index (χ1v) is 14.8. The van der Waals surface area contributed by atoms with Crippen LogP contribution in [-0.4, -0.2) is 0 Å². The molecule has 0 amide bonds. The van der Waals surface area contributed by atoms with Crippen LogP contribution in [0.1, 0.15) is 0 Å². The molecule has 0 radical (unpaired) electrons. The molecule has 0 spiro atoms. The summed E-state index contributed by atoms with van der Waals surface area (Å²) in [6.45, 7) is 0. The molecule has 3 heteroatoms. The Morgan fingerprint density at radius 3 is 1.49 bits per heavy atom. The van der Waals surface area contributed by atoms with E-state index in [1.165, 1.54) is 27.1 Å². The number of fused-ring (bicyclic) bond motifs is 6. The number of halogens is 1. The Morgan fingerprint density at radius 2 is 0.860 bits per heavy atom. The van der Waals surface area contributed by atoms with E-state index in [0.717, 1.165) is 76.4 Å². The van der Waals surface area contributed by atoms with Gasteiger partial charge in [-0.05, 0) is 91.6 Å². The number of hydrogen-bond donors (Lipinski definition) is 0. The van der Waals surface area contributed by atoms with Gasteiger partial charge in [0.25, 0.3) is 0 Å². The summed E-state index contributed by atoms with van der Waals surface area (Å²) in [5.74, 6) is 0. The summed E-state index contributed by atoms with van der Waals surface area (Å²) in [7, 11) is 0. The minimum Gasteiger partial charge on any atom is -0.456 e. The minimum atomic E-state index is 0.765. The second-order valence-corrected chi connectivity index (χ2v) is 11.8. The van der Waals surface area contributed by atoms with Crippen molar-refractivity contribution >= 4 is 87.8 Å². The van der Waals surface area contributed by atoms with Crippen LogP contribution >= 0.6 is 11.6 Å². The van der Waals surface area contributed by atoms with Crippen LogP contribution < -0.4 is 0 Å². The number of rotatable bonds is 2. The largest absolute Gasteiger partial charge is 0.456 e. The van der Waals surface area contributed by atoms with E-state index in [0.29, 0.717) is 0 Å². The normalized spacial score (nSPS) is 12.3. The van der Waals surface area contributed by atoms with Gasteiger partial charge in [-0.15, -0.1) is 0 Å². The van der Waals surface area contributed by atoms with Crippen molar-refractivity contribution in [1.82, 2.24) is 0 Å². The maximum Gasteiger partial charge on any atom is 0.136 e. The Morgan fingerprint density at radius 1 is 0.372 bits per heavy atom. The second-order valence-electron chi connectivity index (χ2n) is 11.4. The summed E-state index contributed by atoms with van der Waals surface area (Å²) in [6.07, 6.45) is 0. The zero-order valence-corrected chi connectivity index (χ0v) is 23.6. The number of para-hydroxylation sites is 2. The first kappa shape index (κ1) is 23.3. The predicted molar refractivity (Wildman–Crippen MR) is 181 cm³/mol. The first-order valence-electron chi connectivity index (χ1n) is 14.4. The number of benzene rings is 8. The van der Waals surface area contributed by atoms with Crippen LogP contribution in [0.4, 0.5) is 0 Å². The summed E-state index contributed by atoms with van der Waals surface area (Å²) < 4.78 is 12.5. The predicted octanol–water partition coefficient (Wildman–Crippen LogP) is 12.4. The first-order chi connectivity index (χ1) is 21.2. The molecule has 10 rings (SSSR count). The summed E-state index contributed by atoms with van der Waals surface area (Å²) in [5.41, 5.74) is 8.20. The molecule has 10 aromatic rings. The lowest BCUT2D eigenvalue weighted by Gasteiger charge is -2.17. The molecule has 0 aliphatic heterocycles. The van der Waals surface area contributed by atoms with Gasteiger partial charge < -0.3 is 8.83 Å². The third-order valence-corrected chi connectivity index (χ3v) is 9.42. The smallest absolute Gasteiger partial charge is 0.136 e. The van der Waals surface area contributed by atoms with E-state index in [1.807, 2.05) is 24.3 Å². The van der Waals surface area contributed by atoms with E-state index >= 15 is 0 Å². The van der Waals surface area contributed by atoms with Crippen molar-refractivity contribution in [2.24, 2.45) is 0 Å². The Hall–Kier alpha value is -5.31. The van der Waals surface area contributed by atoms with E-state index in [4.69, 9.17) is 20.4 Å². The van der Waals surface area contributed by atoms with Gasteiger partial charge >= 0.3 is 0 Å². The average Bonchev–Trinajstić information content (AvgIpc) is 3.61. The summed E-state index contributed by atoms with van der Waals surface area (Å²) in [6, 6.07) is 44.9. The lowest BCUT2D eigenvalue weighted by Crippen LogP contribution is -1.90. The number of furan rings is 2. The molecule has 0 fully saturated rings. The Balaban J connectivity index is 1.22. The van der Waals surface area contributed by atoms with Crippen LogP contribution in [0.5, 0.6) is 0 Å². The molecule has 0 atom stereocenters. The van der Waals surface area contributed by atoms with Gasteiger partial charge in [0, 0.05) is 32.0 Å². The van der Waals surface area contributed by atoms with Crippen LogP contribution in [0, 0.1) is 0 Å². The highest BCUT2D eigenvalue weighted by Gasteiger charge is 2.18. The molecule has 0 aliphatic carbocycles. The van der Waals surface area contributed by atoms with Crippen LogP contribution in [0.25, 0.3) is 98.4 Å². The molecule has 200 valence electrons. The van der Waals surface area contributed by atoms with Gasteiger partial charge in [0.15, 0.2) is 0 Å². The molecule has 8 aromatic carbocycles. The lowest BCUT2D eigenvalue weighted by molar-refractivity contribution is 0.668.